The van der Waals surface area contributed by atoms with Crippen molar-refractivity contribution in [2.45, 2.75) is 37.6 Å². The Balaban J connectivity index is 3.20. The van der Waals surface area contributed by atoms with Crippen molar-refractivity contribution in [1.82, 2.24) is 14.5 Å². The van der Waals surface area contributed by atoms with Crippen LogP contribution in [0.2, 0.25) is 0 Å². The Kier molecular flexibility index (Phi) is 5.02. The van der Waals surface area contributed by atoms with Crippen LogP contribution in [0.4, 0.5) is 5.13 Å². The normalized spacial score (nSPS) is 12.4. The lowest BCUT2D eigenvalue weighted by Crippen LogP contribution is -2.48. The van der Waals surface area contributed by atoms with Crippen molar-refractivity contribution >= 4 is 38.4 Å². The molecule has 0 aliphatic carbocycles. The minimum atomic E-state index is -4.12. The van der Waals surface area contributed by atoms with Crippen LogP contribution in [0.3, 0.4) is 0 Å². The molecule has 2 N–H and O–H groups in total. The number of nitrogens with zero attached hydrogens (tertiary/aromatic N) is 3. The van der Waals surface area contributed by atoms with Gasteiger partial charge in [-0.3, -0.25) is 9.59 Å². The second-order valence-corrected chi connectivity index (χ2v) is 8.14. The lowest BCUT2D eigenvalue weighted by molar-refractivity contribution is -0.138. The zero-order valence-electron chi connectivity index (χ0n) is 11.9. The van der Waals surface area contributed by atoms with E-state index in [1.165, 1.54) is 6.92 Å². The second kappa shape index (κ2) is 6.03. The topological polar surface area (TPSA) is 130 Å². The van der Waals surface area contributed by atoms with Gasteiger partial charge in [-0.15, -0.1) is 10.2 Å². The van der Waals surface area contributed by atoms with Crippen molar-refractivity contribution in [3.8, 4) is 0 Å². The molecule has 1 rings (SSSR count). The molecule has 1 heterocycles. The Morgan fingerprint density at radius 3 is 2.33 bits per heavy atom. The van der Waals surface area contributed by atoms with Gasteiger partial charge in [-0.2, -0.15) is 4.31 Å². The summed E-state index contributed by atoms with van der Waals surface area (Å²) >= 11 is 0.663. The van der Waals surface area contributed by atoms with Gasteiger partial charge in [0, 0.05) is 12.5 Å². The summed E-state index contributed by atoms with van der Waals surface area (Å²) in [5.41, 5.74) is -0.947. The molecule has 118 valence electrons. The fraction of sp³-hybridized carbons (Fsp3) is 0.600. The number of carboxylic acids is 1. The molecule has 0 aliphatic heterocycles. The number of aliphatic carboxylic acids is 1. The smallest absolute Gasteiger partial charge is 0.318 e. The maximum absolute atomic E-state index is 12.5. The van der Waals surface area contributed by atoms with Gasteiger partial charge in [-0.05, 0) is 20.8 Å². The van der Waals surface area contributed by atoms with Gasteiger partial charge in [0.25, 0.3) is 10.0 Å². The predicted octanol–water partition coefficient (Wildman–Crippen LogP) is 0.370. The quantitative estimate of drug-likeness (QED) is 0.743. The van der Waals surface area contributed by atoms with Gasteiger partial charge in [-0.25, -0.2) is 8.42 Å². The number of carbonyl (C=O) groups is 2. The number of hydrogen-bond donors (Lipinski definition) is 2. The minimum Gasteiger partial charge on any atom is -0.480 e. The Labute approximate surface area is 126 Å². The molecule has 1 aromatic rings. The maximum atomic E-state index is 12.5. The Morgan fingerprint density at radius 2 is 1.90 bits per heavy atom. The third kappa shape index (κ3) is 4.44. The number of carboxylic acid groups (broad SMARTS) is 1. The number of rotatable bonds is 5. The molecular weight excluding hydrogens is 320 g/mol. The van der Waals surface area contributed by atoms with E-state index in [1.807, 2.05) is 0 Å². The molecule has 0 fully saturated rings. The van der Waals surface area contributed by atoms with E-state index in [0.29, 0.717) is 11.3 Å². The van der Waals surface area contributed by atoms with E-state index in [0.717, 1.165) is 4.31 Å². The number of nitrogens with one attached hydrogen (secondary N) is 1. The van der Waals surface area contributed by atoms with Crippen molar-refractivity contribution in [2.75, 3.05) is 11.9 Å². The number of sulfonamides is 1. The third-order valence-electron chi connectivity index (χ3n) is 2.23. The van der Waals surface area contributed by atoms with Crippen LogP contribution in [0.5, 0.6) is 0 Å². The monoisotopic (exact) mass is 336 g/mol. The number of carbonyl (C=O) groups excluding carboxylic acids is 1. The Morgan fingerprint density at radius 1 is 1.33 bits per heavy atom. The summed E-state index contributed by atoms with van der Waals surface area (Å²) in [4.78, 5) is 21.8. The highest BCUT2D eigenvalue weighted by atomic mass is 32.2. The molecule has 9 nitrogen and oxygen atoms in total. The number of hydrogen-bond acceptors (Lipinski definition) is 7. The first-order chi connectivity index (χ1) is 9.44. The summed E-state index contributed by atoms with van der Waals surface area (Å²) in [5.74, 6) is -1.69. The van der Waals surface area contributed by atoms with Gasteiger partial charge in [0.2, 0.25) is 15.4 Å². The Bertz CT molecular complexity index is 647. The molecular formula is C10H16N4O5S2. The van der Waals surface area contributed by atoms with Gasteiger partial charge in [0.15, 0.2) is 0 Å². The van der Waals surface area contributed by atoms with Gasteiger partial charge in [-0.1, -0.05) is 11.3 Å². The van der Waals surface area contributed by atoms with Gasteiger partial charge >= 0.3 is 5.97 Å². The van der Waals surface area contributed by atoms with E-state index < -0.39 is 34.0 Å². The first-order valence-corrected chi connectivity index (χ1v) is 8.06. The zero-order chi connectivity index (χ0) is 16.4. The van der Waals surface area contributed by atoms with Crippen molar-refractivity contribution in [3.05, 3.63) is 0 Å². The molecule has 0 spiro atoms. The highest BCUT2D eigenvalue weighted by Gasteiger charge is 2.38. The molecule has 0 bridgehead atoms. The highest BCUT2D eigenvalue weighted by Crippen LogP contribution is 2.27. The maximum Gasteiger partial charge on any atom is 0.318 e. The van der Waals surface area contributed by atoms with E-state index >= 15 is 0 Å². The fourth-order valence-electron chi connectivity index (χ4n) is 1.41. The van der Waals surface area contributed by atoms with E-state index in [9.17, 15) is 18.0 Å². The van der Waals surface area contributed by atoms with Crippen LogP contribution in [-0.2, 0) is 19.6 Å². The summed E-state index contributed by atoms with van der Waals surface area (Å²) in [6, 6.07) is 0. The van der Waals surface area contributed by atoms with Gasteiger partial charge < -0.3 is 10.4 Å². The van der Waals surface area contributed by atoms with Gasteiger partial charge in [0.1, 0.15) is 6.54 Å². The molecule has 0 atom stereocenters. The summed E-state index contributed by atoms with van der Waals surface area (Å²) in [5, 5.41) is 18.3. The predicted molar refractivity (Wildman–Crippen MR) is 75.5 cm³/mol. The summed E-state index contributed by atoms with van der Waals surface area (Å²) in [7, 11) is -4.12. The molecule has 0 saturated carbocycles. The molecule has 0 aromatic carbocycles. The van der Waals surface area contributed by atoms with E-state index in [-0.39, 0.29) is 9.47 Å². The largest absolute Gasteiger partial charge is 0.480 e. The first-order valence-electron chi connectivity index (χ1n) is 5.80. The standard InChI is InChI=1S/C10H16N4O5S2/c1-6(15)11-8-12-13-9(20-8)21(18,19)14(5-7(16)17)10(2,3)4/h5H2,1-4H3,(H,16,17)(H,11,12,15). The van der Waals surface area contributed by atoms with Crippen LogP contribution in [-0.4, -0.2) is 52.0 Å². The summed E-state index contributed by atoms with van der Waals surface area (Å²) in [6.07, 6.45) is 0. The van der Waals surface area contributed by atoms with Crippen LogP contribution in [0, 0.1) is 0 Å². The average molecular weight is 336 g/mol. The van der Waals surface area contributed by atoms with Crippen molar-refractivity contribution in [2.24, 2.45) is 0 Å². The van der Waals surface area contributed by atoms with Gasteiger partial charge in [0.05, 0.1) is 0 Å². The van der Waals surface area contributed by atoms with E-state index in [2.05, 4.69) is 15.5 Å². The summed E-state index contributed by atoms with van der Waals surface area (Å²) < 4.78 is 25.4. The number of anilines is 1. The lowest BCUT2D eigenvalue weighted by Gasteiger charge is -2.31. The fourth-order valence-corrected chi connectivity index (χ4v) is 4.20. The third-order valence-corrected chi connectivity index (χ3v) is 5.52. The van der Waals surface area contributed by atoms with Crippen molar-refractivity contribution in [1.29, 1.82) is 0 Å². The number of amides is 1. The van der Waals surface area contributed by atoms with Crippen LogP contribution >= 0.6 is 11.3 Å². The molecule has 0 radical (unpaired) electrons. The van der Waals surface area contributed by atoms with Crippen molar-refractivity contribution < 1.29 is 23.1 Å². The van der Waals surface area contributed by atoms with Crippen LogP contribution in [0.15, 0.2) is 4.34 Å². The van der Waals surface area contributed by atoms with Crippen LogP contribution in [0.1, 0.15) is 27.7 Å². The molecule has 0 unspecified atom stereocenters. The molecule has 0 aliphatic rings. The number of aromatic nitrogens is 2. The molecule has 1 amide bonds. The molecule has 11 heteroatoms. The first kappa shape index (κ1) is 17.5. The second-order valence-electron chi connectivity index (χ2n) is 5.13. The van der Waals surface area contributed by atoms with E-state index in [4.69, 9.17) is 5.11 Å². The molecule has 1 aromatic heterocycles. The highest BCUT2D eigenvalue weighted by molar-refractivity contribution is 7.91. The van der Waals surface area contributed by atoms with E-state index in [1.54, 1.807) is 20.8 Å². The van der Waals surface area contributed by atoms with Crippen LogP contribution in [0.25, 0.3) is 0 Å². The van der Waals surface area contributed by atoms with Crippen LogP contribution < -0.4 is 5.32 Å². The lowest BCUT2D eigenvalue weighted by atomic mass is 10.1. The SMILES string of the molecule is CC(=O)Nc1nnc(S(=O)(=O)N(CC(=O)O)C(C)(C)C)s1. The molecule has 21 heavy (non-hydrogen) atoms. The van der Waals surface area contributed by atoms with Crippen molar-refractivity contribution in [3.63, 3.8) is 0 Å². The molecule has 0 saturated heterocycles. The average Bonchev–Trinajstić information content (AvgIpc) is 2.72. The Hall–Kier alpha value is -1.59. The zero-order valence-corrected chi connectivity index (χ0v) is 13.6. The minimum absolute atomic E-state index is 0.0326. The summed E-state index contributed by atoms with van der Waals surface area (Å²) in [6.45, 7) is 5.28.